The van der Waals surface area contributed by atoms with Crippen LogP contribution in [0.2, 0.25) is 0 Å². The monoisotopic (exact) mass is 386 g/mol. The summed E-state index contributed by atoms with van der Waals surface area (Å²) in [4.78, 5) is 0. The average Bonchev–Trinajstić information content (AvgIpc) is 3.01. The molecule has 0 radical (unpaired) electrons. The van der Waals surface area contributed by atoms with E-state index in [1.54, 1.807) is 0 Å². The van der Waals surface area contributed by atoms with Crippen molar-refractivity contribution in [3.05, 3.63) is 12.2 Å². The lowest BCUT2D eigenvalue weighted by atomic mass is 9.45. The molecule has 1 N–H and O–H groups in total. The molecule has 28 heavy (non-hydrogen) atoms. The topological polar surface area (TPSA) is 20.2 Å². The third-order valence-corrected chi connectivity index (χ3v) is 10.3. The Morgan fingerprint density at radius 1 is 0.821 bits per heavy atom. The Morgan fingerprint density at radius 2 is 1.54 bits per heavy atom. The van der Waals surface area contributed by atoms with Crippen molar-refractivity contribution >= 4 is 0 Å². The summed E-state index contributed by atoms with van der Waals surface area (Å²) in [5.74, 6) is 4.28. The van der Waals surface area contributed by atoms with E-state index in [9.17, 15) is 5.11 Å². The summed E-state index contributed by atoms with van der Waals surface area (Å²) in [6.07, 6.45) is 24.1. The van der Waals surface area contributed by atoms with Crippen LogP contribution in [-0.2, 0) is 0 Å². The van der Waals surface area contributed by atoms with Crippen LogP contribution in [0.15, 0.2) is 12.2 Å². The summed E-state index contributed by atoms with van der Waals surface area (Å²) >= 11 is 0. The molecule has 160 valence electrons. The highest BCUT2D eigenvalue weighted by Gasteiger charge is 2.59. The van der Waals surface area contributed by atoms with Crippen molar-refractivity contribution in [2.75, 3.05) is 0 Å². The van der Waals surface area contributed by atoms with E-state index in [4.69, 9.17) is 0 Å². The number of hydrogen-bond acceptors (Lipinski definition) is 1. The number of hydrogen-bond donors (Lipinski definition) is 1. The minimum Gasteiger partial charge on any atom is -0.389 e. The van der Waals surface area contributed by atoms with Gasteiger partial charge in [-0.05, 0) is 91.8 Å². The van der Waals surface area contributed by atoms with Gasteiger partial charge < -0.3 is 5.11 Å². The summed E-state index contributed by atoms with van der Waals surface area (Å²) in [5, 5.41) is 10.6. The molecule has 0 aromatic heterocycles. The van der Waals surface area contributed by atoms with E-state index in [1.807, 2.05) is 0 Å². The molecule has 1 nitrogen and oxygen atoms in total. The molecule has 0 aliphatic heterocycles. The third-order valence-electron chi connectivity index (χ3n) is 10.3. The van der Waals surface area contributed by atoms with Crippen LogP contribution in [0.5, 0.6) is 0 Å². The van der Waals surface area contributed by atoms with E-state index in [0.717, 1.165) is 23.7 Å². The van der Waals surface area contributed by atoms with Crippen LogP contribution in [-0.4, -0.2) is 11.2 Å². The predicted molar refractivity (Wildman–Crippen MR) is 119 cm³/mol. The van der Waals surface area contributed by atoms with E-state index in [1.165, 1.54) is 89.9 Å². The Morgan fingerprint density at radius 3 is 2.36 bits per heavy atom. The van der Waals surface area contributed by atoms with Gasteiger partial charge in [0.15, 0.2) is 0 Å². The lowest BCUT2D eigenvalue weighted by molar-refractivity contribution is -0.119. The van der Waals surface area contributed by atoms with Crippen molar-refractivity contribution in [1.29, 1.82) is 0 Å². The molecule has 4 aliphatic carbocycles. The van der Waals surface area contributed by atoms with Crippen LogP contribution in [0.25, 0.3) is 0 Å². The normalized spacial score (nSPS) is 47.4. The van der Waals surface area contributed by atoms with Gasteiger partial charge in [-0.15, -0.1) is 0 Å². The number of unbranched alkanes of at least 4 members (excludes halogenated alkanes) is 5. The molecule has 4 aliphatic rings. The highest BCUT2D eigenvalue weighted by molar-refractivity contribution is 5.14. The maximum Gasteiger partial charge on any atom is 0.0754 e. The Kier molecular flexibility index (Phi) is 6.32. The summed E-state index contributed by atoms with van der Waals surface area (Å²) in [6.45, 7) is 7.54. The number of aliphatic hydroxyl groups excluding tert-OH is 1. The standard InChI is InChI=1S/C27H46O/c1-4-5-6-7-8-9-11-20-13-15-22-21-14-16-24-25(28)12-10-18-27(24,3)23(21)17-19-26(20,22)2/h10,12,20-25,28H,4-9,11,13-19H2,1-3H3/t20-,21-,22-,23-,24-,25-,26+,27+/m0/s1. The fourth-order valence-electron chi connectivity index (χ4n) is 8.70. The predicted octanol–water partition coefficient (Wildman–Crippen LogP) is 7.53. The fraction of sp³-hybridized carbons (Fsp3) is 0.926. The molecule has 0 heterocycles. The minimum atomic E-state index is -0.183. The van der Waals surface area contributed by atoms with E-state index >= 15 is 0 Å². The SMILES string of the molecule is CCCCCCCC[C@H]1CC[C@H]2[C@@H]3CC[C@H]4[C@@H](O)C=CC[C@]4(C)[C@H]3CC[C@]12C. The van der Waals surface area contributed by atoms with Gasteiger partial charge in [0, 0.05) is 0 Å². The van der Waals surface area contributed by atoms with Crippen molar-refractivity contribution in [2.24, 2.45) is 40.4 Å². The van der Waals surface area contributed by atoms with Crippen molar-refractivity contribution in [3.8, 4) is 0 Å². The molecule has 0 unspecified atom stereocenters. The molecule has 3 saturated carbocycles. The van der Waals surface area contributed by atoms with Crippen LogP contribution in [0.1, 0.15) is 111 Å². The van der Waals surface area contributed by atoms with E-state index in [2.05, 4.69) is 32.9 Å². The zero-order valence-electron chi connectivity index (χ0n) is 19.0. The second kappa shape index (κ2) is 8.44. The summed E-state index contributed by atoms with van der Waals surface area (Å²) in [6, 6.07) is 0. The lowest BCUT2D eigenvalue weighted by Gasteiger charge is -2.60. The second-order valence-electron chi connectivity index (χ2n) is 11.6. The molecule has 0 saturated heterocycles. The second-order valence-corrected chi connectivity index (χ2v) is 11.6. The first-order valence-electron chi connectivity index (χ1n) is 12.9. The van der Waals surface area contributed by atoms with Gasteiger partial charge >= 0.3 is 0 Å². The summed E-state index contributed by atoms with van der Waals surface area (Å²) in [5.41, 5.74) is 0.979. The van der Waals surface area contributed by atoms with Crippen LogP contribution in [0, 0.1) is 40.4 Å². The highest BCUT2D eigenvalue weighted by atomic mass is 16.3. The molecular formula is C27H46O. The van der Waals surface area contributed by atoms with Gasteiger partial charge in [0.25, 0.3) is 0 Å². The molecule has 0 aromatic rings. The summed E-state index contributed by atoms with van der Waals surface area (Å²) in [7, 11) is 0. The molecule has 3 fully saturated rings. The molecular weight excluding hydrogens is 340 g/mol. The zero-order chi connectivity index (χ0) is 19.8. The molecule has 1 heteroatoms. The lowest BCUT2D eigenvalue weighted by Crippen LogP contribution is -2.54. The van der Waals surface area contributed by atoms with Crippen LogP contribution in [0.4, 0.5) is 0 Å². The highest BCUT2D eigenvalue weighted by Crippen LogP contribution is 2.67. The fourth-order valence-corrected chi connectivity index (χ4v) is 8.70. The molecule has 0 aromatic carbocycles. The van der Waals surface area contributed by atoms with Gasteiger partial charge in [0.05, 0.1) is 6.10 Å². The number of aliphatic hydroxyl groups is 1. The Hall–Kier alpha value is -0.300. The van der Waals surface area contributed by atoms with Crippen LogP contribution in [0.3, 0.4) is 0 Å². The molecule has 0 spiro atoms. The van der Waals surface area contributed by atoms with Gasteiger partial charge in [-0.2, -0.15) is 0 Å². The molecule has 0 amide bonds. The largest absolute Gasteiger partial charge is 0.389 e. The maximum absolute atomic E-state index is 10.6. The van der Waals surface area contributed by atoms with Crippen LogP contribution < -0.4 is 0 Å². The first-order valence-corrected chi connectivity index (χ1v) is 12.9. The Bertz CT molecular complexity index is 552. The molecule has 4 rings (SSSR count). The van der Waals surface area contributed by atoms with Gasteiger partial charge in [0.2, 0.25) is 0 Å². The van der Waals surface area contributed by atoms with E-state index < -0.39 is 0 Å². The zero-order valence-corrected chi connectivity index (χ0v) is 19.0. The first-order chi connectivity index (χ1) is 13.5. The van der Waals surface area contributed by atoms with E-state index in [0.29, 0.717) is 16.7 Å². The van der Waals surface area contributed by atoms with Crippen molar-refractivity contribution in [2.45, 2.75) is 117 Å². The first kappa shape index (κ1) is 21.0. The van der Waals surface area contributed by atoms with Gasteiger partial charge in [-0.25, -0.2) is 0 Å². The number of rotatable bonds is 7. The minimum absolute atomic E-state index is 0.183. The Balaban J connectivity index is 1.39. The summed E-state index contributed by atoms with van der Waals surface area (Å²) < 4.78 is 0. The third kappa shape index (κ3) is 3.52. The average molecular weight is 387 g/mol. The number of allylic oxidation sites excluding steroid dienone is 1. The molecule has 8 atom stereocenters. The van der Waals surface area contributed by atoms with E-state index in [-0.39, 0.29) is 6.10 Å². The van der Waals surface area contributed by atoms with Crippen molar-refractivity contribution in [1.82, 2.24) is 0 Å². The quantitative estimate of drug-likeness (QED) is 0.354. The smallest absolute Gasteiger partial charge is 0.0754 e. The van der Waals surface area contributed by atoms with Gasteiger partial charge in [0.1, 0.15) is 0 Å². The maximum atomic E-state index is 10.6. The van der Waals surface area contributed by atoms with Gasteiger partial charge in [-0.1, -0.05) is 71.4 Å². The number of fused-ring (bicyclic) bond motifs is 5. The Labute approximate surface area is 174 Å². The van der Waals surface area contributed by atoms with Crippen molar-refractivity contribution < 1.29 is 5.11 Å². The van der Waals surface area contributed by atoms with Gasteiger partial charge in [-0.3, -0.25) is 0 Å². The van der Waals surface area contributed by atoms with Crippen molar-refractivity contribution in [3.63, 3.8) is 0 Å². The van der Waals surface area contributed by atoms with Crippen LogP contribution >= 0.6 is 0 Å². The molecule has 0 bridgehead atoms.